The van der Waals surface area contributed by atoms with Gasteiger partial charge in [-0.2, -0.15) is 34.5 Å². The highest BCUT2D eigenvalue weighted by Crippen LogP contribution is 2.37. The number of aryl methyl sites for hydroxylation is 2. The van der Waals surface area contributed by atoms with Crippen LogP contribution < -0.4 is 22.5 Å². The molecule has 1 amide bonds. The minimum absolute atomic E-state index is 0.00181. The van der Waals surface area contributed by atoms with E-state index in [0.717, 1.165) is 15.8 Å². The average Bonchev–Trinajstić information content (AvgIpc) is 3.76. The van der Waals surface area contributed by atoms with Crippen molar-refractivity contribution in [3.63, 3.8) is 0 Å². The zero-order valence-electron chi connectivity index (χ0n) is 31.0. The van der Waals surface area contributed by atoms with Gasteiger partial charge in [0.15, 0.2) is 46.8 Å². The van der Waals surface area contributed by atoms with Crippen molar-refractivity contribution in [2.24, 2.45) is 34.6 Å². The van der Waals surface area contributed by atoms with Crippen molar-refractivity contribution >= 4 is 70.5 Å². The number of methoxy groups -OCH3 is 1. The van der Waals surface area contributed by atoms with Gasteiger partial charge in [-0.15, -0.1) is 20.5 Å². The smallest absolute Gasteiger partial charge is 0.342 e. The Morgan fingerprint density at radius 3 is 1.84 bits per heavy atom. The lowest BCUT2D eigenvalue weighted by Crippen LogP contribution is -2.15. The summed E-state index contributed by atoms with van der Waals surface area (Å²) in [4.78, 5) is 50.0. The molecule has 0 bridgehead atoms. The van der Waals surface area contributed by atoms with Crippen molar-refractivity contribution in [2.45, 2.75) is 41.2 Å². The van der Waals surface area contributed by atoms with Gasteiger partial charge in [0, 0.05) is 26.6 Å². The van der Waals surface area contributed by atoms with Gasteiger partial charge in [-0.25, -0.2) is 4.79 Å². The summed E-state index contributed by atoms with van der Waals surface area (Å²) < 4.78 is 15.4. The fourth-order valence-corrected chi connectivity index (χ4v) is 5.71. The van der Waals surface area contributed by atoms with E-state index in [1.54, 1.807) is 46.4 Å². The number of rotatable bonds is 13. The van der Waals surface area contributed by atoms with Crippen LogP contribution in [0.25, 0.3) is 11.9 Å². The van der Waals surface area contributed by atoms with E-state index >= 15 is 0 Å². The number of nitrogens with zero attached hydrogens (tertiary/aromatic N) is 13. The third-order valence-corrected chi connectivity index (χ3v) is 8.40. The molecular weight excluding hydrogens is 720 g/mol. The lowest BCUT2D eigenvalue weighted by Gasteiger charge is -2.07. The van der Waals surface area contributed by atoms with Gasteiger partial charge in [0.25, 0.3) is 11.9 Å². The molecule has 5 heterocycles. The Morgan fingerprint density at radius 2 is 1.36 bits per heavy atom. The van der Waals surface area contributed by atoms with Gasteiger partial charge >= 0.3 is 5.97 Å². The molecule has 0 atom stereocenters. The third kappa shape index (κ3) is 7.07. The number of Topliss-reactive ketones (excluding diaryl/α,β-unsaturated/α-hetero) is 1. The molecule has 9 N–H and O–H groups in total. The van der Waals surface area contributed by atoms with Crippen LogP contribution >= 0.6 is 0 Å². The molecule has 0 fully saturated rings. The van der Waals surface area contributed by atoms with Crippen LogP contribution in [0.5, 0.6) is 0 Å². The first kappa shape index (κ1) is 38.9. The third-order valence-electron chi connectivity index (χ3n) is 8.40. The number of carbonyl (C=O) groups is 3. The fourth-order valence-electron chi connectivity index (χ4n) is 5.71. The summed E-state index contributed by atoms with van der Waals surface area (Å²) in [5, 5.41) is 45.4. The molecule has 5 rings (SSSR count). The molecule has 24 nitrogen and oxygen atoms in total. The second-order valence-electron chi connectivity index (χ2n) is 11.9. The standard InChI is InChI=1S/C31H38N18O6/c1-12-17(10-55-11-32)46(6)27(20(12)28(53)54-8)43-41-22-15(4)45-49(24(22)34)31-38-29(35)37-30(39-31)48-23(33)21(14(3)44-48)40-42-26-19(18(52)9-50)13(2)25(47(26)7)36-16(5)51/h11,32,50H,9-10,33-34H2,1-8H3,(H,36,51)(H2,35,37,38,39). The molecule has 288 valence electrons. The molecular formula is C31H38N18O6. The lowest BCUT2D eigenvalue weighted by molar-refractivity contribution is -0.114. The highest BCUT2D eigenvalue weighted by atomic mass is 16.5. The number of esters is 1. The van der Waals surface area contributed by atoms with Crippen LogP contribution in [0.4, 0.5) is 46.4 Å². The van der Waals surface area contributed by atoms with E-state index in [4.69, 9.17) is 32.1 Å². The number of aromatic nitrogens is 9. The van der Waals surface area contributed by atoms with Crippen LogP contribution in [0.1, 0.15) is 55.8 Å². The molecule has 0 aliphatic rings. The first-order valence-electron chi connectivity index (χ1n) is 16.1. The zero-order valence-corrected chi connectivity index (χ0v) is 31.0. The number of ether oxygens (including phenoxy) is 2. The molecule has 5 aromatic heterocycles. The second-order valence-corrected chi connectivity index (χ2v) is 11.9. The number of nitrogen functional groups attached to an aromatic ring is 3. The van der Waals surface area contributed by atoms with E-state index in [9.17, 15) is 19.5 Å². The van der Waals surface area contributed by atoms with Gasteiger partial charge in [-0.3, -0.25) is 15.0 Å². The molecule has 55 heavy (non-hydrogen) atoms. The van der Waals surface area contributed by atoms with Crippen LogP contribution in [0.3, 0.4) is 0 Å². The minimum atomic E-state index is -0.799. The van der Waals surface area contributed by atoms with Crippen molar-refractivity contribution in [2.75, 3.05) is 36.2 Å². The number of ketones is 1. The molecule has 0 unspecified atom stereocenters. The SMILES string of the molecule is COC(=O)c1c(C)c(COC=N)n(C)c1N=Nc1c(C)nn(-c2nc(N)nc(-n3nc(C)c(N=Nc4c(C(=O)CO)c(C)c(NC(C)=O)n4C)c3N)n2)c1N. The van der Waals surface area contributed by atoms with Gasteiger partial charge in [-0.05, 0) is 33.3 Å². The molecule has 0 radical (unpaired) electrons. The lowest BCUT2D eigenvalue weighted by atomic mass is 10.1. The van der Waals surface area contributed by atoms with Crippen molar-refractivity contribution < 1.29 is 29.0 Å². The molecule has 0 spiro atoms. The number of hydrogen-bond acceptors (Lipinski definition) is 19. The van der Waals surface area contributed by atoms with Gasteiger partial charge in [-0.1, -0.05) is 0 Å². The fraction of sp³-hybridized carbons (Fsp3) is 0.323. The maximum Gasteiger partial charge on any atom is 0.342 e. The normalized spacial score (nSPS) is 11.5. The van der Waals surface area contributed by atoms with Crippen molar-refractivity contribution in [1.29, 1.82) is 5.41 Å². The summed E-state index contributed by atoms with van der Waals surface area (Å²) in [5.41, 5.74) is 21.5. The topological polar surface area (TPSA) is 337 Å². The molecule has 24 heteroatoms. The zero-order chi connectivity index (χ0) is 40.5. The Labute approximate surface area is 311 Å². The monoisotopic (exact) mass is 758 g/mol. The summed E-state index contributed by atoms with van der Waals surface area (Å²) in [6.45, 7) is 7.03. The highest BCUT2D eigenvalue weighted by molar-refractivity contribution is 6.05. The van der Waals surface area contributed by atoms with Crippen LogP contribution in [-0.4, -0.2) is 86.5 Å². The number of anilines is 4. The summed E-state index contributed by atoms with van der Waals surface area (Å²) in [6.07, 6.45) is 0.786. The van der Waals surface area contributed by atoms with E-state index in [2.05, 4.69) is 50.9 Å². The van der Waals surface area contributed by atoms with Crippen LogP contribution in [0, 0.1) is 33.1 Å². The second kappa shape index (κ2) is 15.3. The number of azo groups is 2. The molecule has 0 aromatic carbocycles. The molecule has 0 aliphatic heterocycles. The number of nitrogens with one attached hydrogen (secondary N) is 2. The van der Waals surface area contributed by atoms with E-state index < -0.39 is 18.4 Å². The number of carbonyl (C=O) groups excluding carboxylic acids is 3. The van der Waals surface area contributed by atoms with Crippen LogP contribution in [-0.2, 0) is 35.0 Å². The molecule has 0 aliphatic carbocycles. The largest absolute Gasteiger partial charge is 0.477 e. The molecule has 5 aromatic rings. The van der Waals surface area contributed by atoms with Crippen molar-refractivity contribution in [3.8, 4) is 11.9 Å². The first-order chi connectivity index (χ1) is 26.1. The summed E-state index contributed by atoms with van der Waals surface area (Å²) in [7, 11) is 4.46. The van der Waals surface area contributed by atoms with Crippen molar-refractivity contribution in [1.82, 2.24) is 43.6 Å². The van der Waals surface area contributed by atoms with Gasteiger partial charge in [0.05, 0.1) is 29.8 Å². The first-order valence-corrected chi connectivity index (χ1v) is 16.1. The Bertz CT molecular complexity index is 2430. The number of hydrogen-bond donors (Lipinski definition) is 6. The predicted molar refractivity (Wildman–Crippen MR) is 196 cm³/mol. The Balaban J connectivity index is 1.53. The number of amides is 1. The van der Waals surface area contributed by atoms with E-state index in [1.807, 2.05) is 0 Å². The van der Waals surface area contributed by atoms with E-state index in [1.165, 1.54) is 18.6 Å². The van der Waals surface area contributed by atoms with Crippen LogP contribution in [0.15, 0.2) is 20.5 Å². The Morgan fingerprint density at radius 1 is 0.836 bits per heavy atom. The predicted octanol–water partition coefficient (Wildman–Crippen LogP) is 2.77. The maximum atomic E-state index is 12.7. The van der Waals surface area contributed by atoms with Crippen LogP contribution in [0.2, 0.25) is 0 Å². The summed E-state index contributed by atoms with van der Waals surface area (Å²) in [5.74, 6) is -1.79. The van der Waals surface area contributed by atoms with Gasteiger partial charge in [0.1, 0.15) is 24.6 Å². The maximum absolute atomic E-state index is 12.7. The molecule has 0 saturated carbocycles. The number of aliphatic hydroxyl groups is 1. The summed E-state index contributed by atoms with van der Waals surface area (Å²) >= 11 is 0. The average molecular weight is 759 g/mol. The van der Waals surface area contributed by atoms with E-state index in [-0.39, 0.29) is 81.8 Å². The number of aliphatic hydroxyl groups excluding tert-OH is 1. The Hall–Kier alpha value is -7.37. The van der Waals surface area contributed by atoms with E-state index in [0.29, 0.717) is 28.3 Å². The van der Waals surface area contributed by atoms with Crippen molar-refractivity contribution in [3.05, 3.63) is 39.3 Å². The number of nitrogens with two attached hydrogens (primary N) is 3. The minimum Gasteiger partial charge on any atom is -0.477 e. The summed E-state index contributed by atoms with van der Waals surface area (Å²) in [6, 6.07) is 0. The Kier molecular flexibility index (Phi) is 10.8. The molecule has 0 saturated heterocycles. The quantitative estimate of drug-likeness (QED) is 0.0331. The highest BCUT2D eigenvalue weighted by Gasteiger charge is 2.27. The van der Waals surface area contributed by atoms with Gasteiger partial charge in [0.2, 0.25) is 11.9 Å². The van der Waals surface area contributed by atoms with Gasteiger partial charge < -0.3 is 46.2 Å².